The number of nitrogens with zero attached hydrogens (tertiary/aromatic N) is 3. The Kier molecular flexibility index (Phi) is 5.14. The molecule has 0 atom stereocenters. The van der Waals surface area contributed by atoms with Gasteiger partial charge in [-0.1, -0.05) is 60.7 Å². The summed E-state index contributed by atoms with van der Waals surface area (Å²) >= 11 is 0. The first kappa shape index (κ1) is 19.7. The third-order valence-electron chi connectivity index (χ3n) is 6.64. The molecular formula is C27H29N3O. The van der Waals surface area contributed by atoms with E-state index in [4.69, 9.17) is 0 Å². The Balaban J connectivity index is 1.46. The summed E-state index contributed by atoms with van der Waals surface area (Å²) in [4.78, 5) is 16.1. The van der Waals surface area contributed by atoms with Crippen LogP contribution < -0.4 is 10.6 Å². The van der Waals surface area contributed by atoms with Gasteiger partial charge in [0.2, 0.25) is 0 Å². The number of aryl methyl sites for hydroxylation is 2. The molecule has 1 fully saturated rings. The maximum absolute atomic E-state index is 13.6. The number of fused-ring (bicyclic) bond motifs is 1. The predicted octanol–water partition coefficient (Wildman–Crippen LogP) is 5.31. The lowest BCUT2D eigenvalue weighted by Crippen LogP contribution is -2.38. The van der Waals surface area contributed by atoms with Crippen LogP contribution >= 0.6 is 0 Å². The van der Waals surface area contributed by atoms with Crippen LogP contribution in [0.1, 0.15) is 35.6 Å². The standard InChI is InChI=1S/C27H29N3O/c1-20-9-8-10-21(2)26(20)28-17-15-23(16-18-28)30-25-14-7-6-13-24(25)29(27(30)31)19-22-11-4-3-5-12-22/h3-14,23H,15-19H2,1-2H3. The highest BCUT2D eigenvalue weighted by molar-refractivity contribution is 5.76. The fourth-order valence-corrected chi connectivity index (χ4v) is 5.16. The van der Waals surface area contributed by atoms with E-state index in [1.165, 1.54) is 16.8 Å². The van der Waals surface area contributed by atoms with Gasteiger partial charge in [-0.05, 0) is 55.5 Å². The van der Waals surface area contributed by atoms with E-state index in [2.05, 4.69) is 65.8 Å². The minimum absolute atomic E-state index is 0.107. The van der Waals surface area contributed by atoms with E-state index in [1.54, 1.807) is 0 Å². The van der Waals surface area contributed by atoms with Gasteiger partial charge in [0, 0.05) is 24.8 Å². The van der Waals surface area contributed by atoms with Gasteiger partial charge in [0.15, 0.2) is 0 Å². The molecule has 1 aromatic heterocycles. The molecule has 0 spiro atoms. The van der Waals surface area contributed by atoms with Crippen molar-refractivity contribution in [1.29, 1.82) is 0 Å². The van der Waals surface area contributed by atoms with E-state index in [1.807, 2.05) is 34.9 Å². The van der Waals surface area contributed by atoms with Crippen LogP contribution in [0.5, 0.6) is 0 Å². The van der Waals surface area contributed by atoms with Crippen molar-refractivity contribution in [3.8, 4) is 0 Å². The molecule has 0 bridgehead atoms. The average molecular weight is 412 g/mol. The maximum atomic E-state index is 13.6. The smallest absolute Gasteiger partial charge is 0.329 e. The molecule has 2 heterocycles. The number of benzene rings is 3. The lowest BCUT2D eigenvalue weighted by Gasteiger charge is -2.35. The summed E-state index contributed by atoms with van der Waals surface area (Å²) in [5, 5.41) is 0. The molecule has 0 saturated carbocycles. The summed E-state index contributed by atoms with van der Waals surface area (Å²) in [5.41, 5.74) is 7.35. The molecular weight excluding hydrogens is 382 g/mol. The van der Waals surface area contributed by atoms with Gasteiger partial charge in [-0.25, -0.2) is 4.79 Å². The van der Waals surface area contributed by atoms with Gasteiger partial charge in [0.1, 0.15) is 0 Å². The molecule has 0 amide bonds. The highest BCUT2D eigenvalue weighted by Crippen LogP contribution is 2.32. The number of hydrogen-bond acceptors (Lipinski definition) is 2. The van der Waals surface area contributed by atoms with Crippen molar-refractivity contribution in [2.24, 2.45) is 0 Å². The molecule has 3 aromatic carbocycles. The minimum Gasteiger partial charge on any atom is -0.371 e. The van der Waals surface area contributed by atoms with E-state index >= 15 is 0 Å². The van der Waals surface area contributed by atoms with E-state index in [0.717, 1.165) is 42.5 Å². The highest BCUT2D eigenvalue weighted by atomic mass is 16.1. The Morgan fingerprint density at radius 3 is 2.06 bits per heavy atom. The number of anilines is 1. The molecule has 0 N–H and O–H groups in total. The van der Waals surface area contributed by atoms with Gasteiger partial charge in [0.05, 0.1) is 17.6 Å². The van der Waals surface area contributed by atoms with E-state index in [-0.39, 0.29) is 11.7 Å². The van der Waals surface area contributed by atoms with Crippen molar-refractivity contribution in [3.63, 3.8) is 0 Å². The Morgan fingerprint density at radius 2 is 1.39 bits per heavy atom. The fraction of sp³-hybridized carbons (Fsp3) is 0.296. The zero-order chi connectivity index (χ0) is 21.4. The zero-order valence-corrected chi connectivity index (χ0v) is 18.3. The van der Waals surface area contributed by atoms with Crippen molar-refractivity contribution < 1.29 is 0 Å². The van der Waals surface area contributed by atoms with Crippen LogP contribution in [0.25, 0.3) is 11.0 Å². The van der Waals surface area contributed by atoms with Crippen LogP contribution in [-0.4, -0.2) is 22.2 Å². The predicted molar refractivity (Wildman–Crippen MR) is 128 cm³/mol. The topological polar surface area (TPSA) is 30.2 Å². The molecule has 1 aliphatic rings. The van der Waals surface area contributed by atoms with Gasteiger partial charge in [-0.2, -0.15) is 0 Å². The molecule has 4 nitrogen and oxygen atoms in total. The van der Waals surface area contributed by atoms with Crippen LogP contribution in [0.15, 0.2) is 77.6 Å². The maximum Gasteiger partial charge on any atom is 0.329 e. The lowest BCUT2D eigenvalue weighted by atomic mass is 10.0. The van der Waals surface area contributed by atoms with Crippen molar-refractivity contribution >= 4 is 16.7 Å². The van der Waals surface area contributed by atoms with E-state index in [9.17, 15) is 4.79 Å². The monoisotopic (exact) mass is 411 g/mol. The molecule has 31 heavy (non-hydrogen) atoms. The molecule has 1 saturated heterocycles. The fourth-order valence-electron chi connectivity index (χ4n) is 5.16. The highest BCUT2D eigenvalue weighted by Gasteiger charge is 2.26. The number of para-hydroxylation sites is 3. The number of aromatic nitrogens is 2. The van der Waals surface area contributed by atoms with Gasteiger partial charge in [-0.15, -0.1) is 0 Å². The van der Waals surface area contributed by atoms with Crippen LogP contribution in [0.2, 0.25) is 0 Å². The van der Waals surface area contributed by atoms with Gasteiger partial charge >= 0.3 is 5.69 Å². The Hall–Kier alpha value is -3.27. The number of imidazole rings is 1. The Bertz CT molecular complexity index is 1240. The third kappa shape index (κ3) is 3.56. The van der Waals surface area contributed by atoms with Gasteiger partial charge in [0.25, 0.3) is 0 Å². The van der Waals surface area contributed by atoms with Crippen LogP contribution in [0.3, 0.4) is 0 Å². The largest absolute Gasteiger partial charge is 0.371 e. The Morgan fingerprint density at radius 1 is 0.774 bits per heavy atom. The molecule has 1 aliphatic heterocycles. The van der Waals surface area contributed by atoms with Crippen molar-refractivity contribution in [1.82, 2.24) is 9.13 Å². The van der Waals surface area contributed by atoms with Crippen molar-refractivity contribution in [2.45, 2.75) is 39.3 Å². The first-order chi connectivity index (χ1) is 15.1. The molecule has 5 rings (SSSR count). The van der Waals surface area contributed by atoms with Crippen molar-refractivity contribution in [2.75, 3.05) is 18.0 Å². The molecule has 158 valence electrons. The molecule has 0 unspecified atom stereocenters. The second-order valence-corrected chi connectivity index (χ2v) is 8.67. The number of rotatable bonds is 4. The number of piperidine rings is 1. The summed E-state index contributed by atoms with van der Waals surface area (Å²) in [6.45, 7) is 6.93. The summed E-state index contributed by atoms with van der Waals surface area (Å²) in [6, 6.07) is 25.2. The molecule has 4 heteroatoms. The second kappa shape index (κ2) is 8.10. The van der Waals surface area contributed by atoms with Crippen molar-refractivity contribution in [3.05, 3.63) is 100.0 Å². The second-order valence-electron chi connectivity index (χ2n) is 8.67. The summed E-state index contributed by atoms with van der Waals surface area (Å²) in [7, 11) is 0. The quantitative estimate of drug-likeness (QED) is 0.456. The molecule has 0 aliphatic carbocycles. The Labute approximate surface area is 183 Å². The summed E-state index contributed by atoms with van der Waals surface area (Å²) in [5.74, 6) is 0. The molecule has 0 radical (unpaired) electrons. The minimum atomic E-state index is 0.107. The van der Waals surface area contributed by atoms with Gasteiger partial charge in [-0.3, -0.25) is 9.13 Å². The third-order valence-corrected chi connectivity index (χ3v) is 6.64. The van der Waals surface area contributed by atoms with Crippen LogP contribution in [0, 0.1) is 13.8 Å². The average Bonchev–Trinajstić information content (AvgIpc) is 3.06. The van der Waals surface area contributed by atoms with E-state index < -0.39 is 0 Å². The van der Waals surface area contributed by atoms with E-state index in [0.29, 0.717) is 6.54 Å². The number of hydrogen-bond donors (Lipinski definition) is 0. The SMILES string of the molecule is Cc1cccc(C)c1N1CCC(n2c(=O)n(Cc3ccccc3)c3ccccc32)CC1. The zero-order valence-electron chi connectivity index (χ0n) is 18.3. The first-order valence-corrected chi connectivity index (χ1v) is 11.2. The van der Waals surface area contributed by atoms with Gasteiger partial charge < -0.3 is 4.90 Å². The van der Waals surface area contributed by atoms with Crippen LogP contribution in [0.4, 0.5) is 5.69 Å². The molecule has 4 aromatic rings. The lowest BCUT2D eigenvalue weighted by molar-refractivity contribution is 0.392. The van der Waals surface area contributed by atoms with Crippen LogP contribution in [-0.2, 0) is 6.54 Å². The first-order valence-electron chi connectivity index (χ1n) is 11.2. The summed E-state index contributed by atoms with van der Waals surface area (Å²) in [6.07, 6.45) is 1.96. The summed E-state index contributed by atoms with van der Waals surface area (Å²) < 4.78 is 3.99. The normalized spacial score (nSPS) is 15.0.